The van der Waals surface area contributed by atoms with Gasteiger partial charge in [0.05, 0.1) is 13.7 Å². The number of ether oxygens (including phenoxy) is 2. The molecule has 1 heterocycles. The molecule has 1 aromatic carbocycles. The summed E-state index contributed by atoms with van der Waals surface area (Å²) >= 11 is 0. The fourth-order valence-electron chi connectivity index (χ4n) is 3.20. The topological polar surface area (TPSA) is 67.9 Å². The van der Waals surface area contributed by atoms with Crippen molar-refractivity contribution in [2.45, 2.75) is 52.0 Å². The summed E-state index contributed by atoms with van der Waals surface area (Å²) in [6.07, 6.45) is 3.29. The fourth-order valence-corrected chi connectivity index (χ4v) is 3.20. The minimum atomic E-state index is 0.0538. The minimum Gasteiger partial charge on any atom is -0.493 e. The summed E-state index contributed by atoms with van der Waals surface area (Å²) < 4.78 is 10.9. The SMILES string of the molecule is CCOc1ccc(CCC(=O)NC2CCN(C(=O)CC)CC2)cc1OC. The number of nitrogens with zero attached hydrogens (tertiary/aromatic N) is 1. The smallest absolute Gasteiger partial charge is 0.222 e. The highest BCUT2D eigenvalue weighted by Gasteiger charge is 2.22. The van der Waals surface area contributed by atoms with Crippen molar-refractivity contribution < 1.29 is 19.1 Å². The van der Waals surface area contributed by atoms with Gasteiger partial charge in [-0.05, 0) is 43.9 Å². The van der Waals surface area contributed by atoms with Gasteiger partial charge >= 0.3 is 0 Å². The summed E-state index contributed by atoms with van der Waals surface area (Å²) in [5, 5.41) is 3.09. The van der Waals surface area contributed by atoms with Gasteiger partial charge in [0.2, 0.25) is 11.8 Å². The molecule has 6 nitrogen and oxygen atoms in total. The molecule has 1 N–H and O–H groups in total. The Morgan fingerprint density at radius 3 is 2.54 bits per heavy atom. The first-order chi connectivity index (χ1) is 12.6. The van der Waals surface area contributed by atoms with Crippen LogP contribution in [0.2, 0.25) is 0 Å². The molecule has 26 heavy (non-hydrogen) atoms. The lowest BCUT2D eigenvalue weighted by Crippen LogP contribution is -2.46. The first-order valence-corrected chi connectivity index (χ1v) is 9.44. The number of methoxy groups -OCH3 is 1. The number of rotatable bonds is 8. The normalized spacial score (nSPS) is 14.8. The predicted molar refractivity (Wildman–Crippen MR) is 101 cm³/mol. The zero-order valence-electron chi connectivity index (χ0n) is 16.0. The van der Waals surface area contributed by atoms with E-state index in [-0.39, 0.29) is 17.9 Å². The van der Waals surface area contributed by atoms with Crippen LogP contribution in [0.25, 0.3) is 0 Å². The van der Waals surface area contributed by atoms with Crippen LogP contribution < -0.4 is 14.8 Å². The maximum Gasteiger partial charge on any atom is 0.222 e. The summed E-state index contributed by atoms with van der Waals surface area (Å²) in [4.78, 5) is 25.8. The molecule has 6 heteroatoms. The van der Waals surface area contributed by atoms with Crippen molar-refractivity contribution in [1.29, 1.82) is 0 Å². The molecule has 0 unspecified atom stereocenters. The van der Waals surface area contributed by atoms with Crippen molar-refractivity contribution in [1.82, 2.24) is 10.2 Å². The largest absolute Gasteiger partial charge is 0.493 e. The van der Waals surface area contributed by atoms with Crippen LogP contribution >= 0.6 is 0 Å². The molecule has 0 saturated carbocycles. The Morgan fingerprint density at radius 2 is 1.92 bits per heavy atom. The highest BCUT2D eigenvalue weighted by molar-refractivity contribution is 5.77. The highest BCUT2D eigenvalue weighted by atomic mass is 16.5. The molecule has 0 atom stereocenters. The number of carbonyl (C=O) groups is 2. The lowest BCUT2D eigenvalue weighted by Gasteiger charge is -2.32. The summed E-state index contributed by atoms with van der Waals surface area (Å²) in [6, 6.07) is 5.94. The van der Waals surface area contributed by atoms with E-state index in [9.17, 15) is 9.59 Å². The number of likely N-dealkylation sites (tertiary alicyclic amines) is 1. The quantitative estimate of drug-likeness (QED) is 0.772. The Kier molecular flexibility index (Phi) is 7.75. The average molecular weight is 362 g/mol. The van der Waals surface area contributed by atoms with Gasteiger partial charge in [-0.25, -0.2) is 0 Å². The van der Waals surface area contributed by atoms with Gasteiger partial charge in [0.1, 0.15) is 0 Å². The van der Waals surface area contributed by atoms with Crippen molar-refractivity contribution in [2.24, 2.45) is 0 Å². The van der Waals surface area contributed by atoms with Crippen molar-refractivity contribution in [3.63, 3.8) is 0 Å². The second kappa shape index (κ2) is 10.0. The Bertz CT molecular complexity index is 610. The Hall–Kier alpha value is -2.24. The first-order valence-electron chi connectivity index (χ1n) is 9.44. The lowest BCUT2D eigenvalue weighted by molar-refractivity contribution is -0.132. The monoisotopic (exact) mass is 362 g/mol. The van der Waals surface area contributed by atoms with Crippen molar-refractivity contribution in [3.05, 3.63) is 23.8 Å². The summed E-state index contributed by atoms with van der Waals surface area (Å²) in [5.41, 5.74) is 1.05. The van der Waals surface area contributed by atoms with Crippen LogP contribution in [0.3, 0.4) is 0 Å². The number of hydrogen-bond donors (Lipinski definition) is 1. The molecular formula is C20H30N2O4. The maximum atomic E-state index is 12.2. The number of nitrogens with one attached hydrogen (secondary N) is 1. The second-order valence-electron chi connectivity index (χ2n) is 6.49. The minimum absolute atomic E-state index is 0.0538. The zero-order valence-corrected chi connectivity index (χ0v) is 16.0. The zero-order chi connectivity index (χ0) is 18.9. The average Bonchev–Trinajstić information content (AvgIpc) is 2.67. The number of piperidine rings is 1. The Balaban J connectivity index is 1.78. The van der Waals surface area contributed by atoms with E-state index in [1.165, 1.54) is 0 Å². The van der Waals surface area contributed by atoms with Gasteiger partial charge in [-0.3, -0.25) is 9.59 Å². The van der Waals surface area contributed by atoms with E-state index in [2.05, 4.69) is 5.32 Å². The Morgan fingerprint density at radius 1 is 1.19 bits per heavy atom. The van der Waals surface area contributed by atoms with E-state index in [1.54, 1.807) is 7.11 Å². The van der Waals surface area contributed by atoms with Crippen molar-refractivity contribution >= 4 is 11.8 Å². The van der Waals surface area contributed by atoms with Crippen molar-refractivity contribution in [3.8, 4) is 11.5 Å². The van der Waals surface area contributed by atoms with Crippen LogP contribution in [0.4, 0.5) is 0 Å². The summed E-state index contributed by atoms with van der Waals surface area (Å²) in [5.74, 6) is 1.66. The third kappa shape index (κ3) is 5.64. The van der Waals surface area contributed by atoms with Crippen LogP contribution in [0, 0.1) is 0 Å². The van der Waals surface area contributed by atoms with Gasteiger partial charge in [0.15, 0.2) is 11.5 Å². The number of aryl methyl sites for hydroxylation is 1. The van der Waals surface area contributed by atoms with E-state index >= 15 is 0 Å². The maximum absolute atomic E-state index is 12.2. The second-order valence-corrected chi connectivity index (χ2v) is 6.49. The number of hydrogen-bond acceptors (Lipinski definition) is 4. The molecule has 1 saturated heterocycles. The molecule has 0 radical (unpaired) electrons. The van der Waals surface area contributed by atoms with Crippen LogP contribution in [0.15, 0.2) is 18.2 Å². The van der Waals surface area contributed by atoms with Crippen LogP contribution in [-0.2, 0) is 16.0 Å². The fraction of sp³-hybridized carbons (Fsp3) is 0.600. The van der Waals surface area contributed by atoms with E-state index < -0.39 is 0 Å². The predicted octanol–water partition coefficient (Wildman–Crippen LogP) is 2.54. The van der Waals surface area contributed by atoms with E-state index in [4.69, 9.17) is 9.47 Å². The molecule has 0 aliphatic carbocycles. The molecule has 0 aromatic heterocycles. The summed E-state index contributed by atoms with van der Waals surface area (Å²) in [6.45, 7) is 5.86. The number of benzene rings is 1. The first kappa shape index (κ1) is 20.1. The molecule has 1 aliphatic rings. The van der Waals surface area contributed by atoms with Crippen LogP contribution in [-0.4, -0.2) is 49.6 Å². The van der Waals surface area contributed by atoms with Crippen LogP contribution in [0.1, 0.15) is 45.1 Å². The van der Waals surface area contributed by atoms with Crippen LogP contribution in [0.5, 0.6) is 11.5 Å². The molecular weight excluding hydrogens is 332 g/mol. The Labute approximate surface area is 155 Å². The molecule has 2 amide bonds. The molecule has 144 valence electrons. The van der Waals surface area contributed by atoms with Crippen molar-refractivity contribution in [2.75, 3.05) is 26.8 Å². The molecule has 0 spiro atoms. The third-order valence-corrected chi connectivity index (χ3v) is 4.68. The third-order valence-electron chi connectivity index (χ3n) is 4.68. The molecule has 0 bridgehead atoms. The summed E-state index contributed by atoms with van der Waals surface area (Å²) in [7, 11) is 1.62. The number of carbonyl (C=O) groups excluding carboxylic acids is 2. The van der Waals surface area contributed by atoms with Gasteiger partial charge in [-0.2, -0.15) is 0 Å². The molecule has 2 rings (SSSR count). The molecule has 1 aliphatic heterocycles. The van der Waals surface area contributed by atoms with Gasteiger partial charge < -0.3 is 19.7 Å². The number of amides is 2. The van der Waals surface area contributed by atoms with Gasteiger partial charge in [-0.15, -0.1) is 0 Å². The van der Waals surface area contributed by atoms with Gasteiger partial charge in [0.25, 0.3) is 0 Å². The van der Waals surface area contributed by atoms with E-state index in [0.29, 0.717) is 31.6 Å². The lowest BCUT2D eigenvalue weighted by atomic mass is 10.0. The standard InChI is InChI=1S/C20H30N2O4/c1-4-20(24)22-12-10-16(11-13-22)21-19(23)9-7-15-6-8-17(26-5-2)18(14-15)25-3/h6,8,14,16H,4-5,7,9-13H2,1-3H3,(H,21,23). The molecule has 1 aromatic rings. The van der Waals surface area contributed by atoms with E-state index in [0.717, 1.165) is 37.2 Å². The van der Waals surface area contributed by atoms with Gasteiger partial charge in [0, 0.05) is 32.0 Å². The van der Waals surface area contributed by atoms with Gasteiger partial charge in [-0.1, -0.05) is 13.0 Å². The molecule has 1 fully saturated rings. The highest BCUT2D eigenvalue weighted by Crippen LogP contribution is 2.28. The van der Waals surface area contributed by atoms with E-state index in [1.807, 2.05) is 36.9 Å².